The molecule has 3 rings (SSSR count). The molecule has 0 spiro atoms. The second kappa shape index (κ2) is 10.4. The highest BCUT2D eigenvalue weighted by Crippen LogP contribution is 2.37. The number of aromatic hydroxyl groups is 1. The van der Waals surface area contributed by atoms with Crippen molar-refractivity contribution in [1.82, 2.24) is 9.97 Å². The molecule has 32 heavy (non-hydrogen) atoms. The summed E-state index contributed by atoms with van der Waals surface area (Å²) in [6.45, 7) is 8.25. The Labute approximate surface area is 200 Å². The number of esters is 1. The Morgan fingerprint density at radius 3 is 2.75 bits per heavy atom. The van der Waals surface area contributed by atoms with E-state index in [0.717, 1.165) is 33.0 Å². The largest absolute Gasteiger partial charge is 0.506 e. The second-order valence-corrected chi connectivity index (χ2v) is 9.81. The normalized spacial score (nSPS) is 10.9. The first kappa shape index (κ1) is 24.1. The number of thiazole rings is 1. The first-order valence-electron chi connectivity index (χ1n) is 9.80. The van der Waals surface area contributed by atoms with Gasteiger partial charge in [0.1, 0.15) is 17.1 Å². The van der Waals surface area contributed by atoms with Crippen LogP contribution in [0.4, 0.5) is 10.9 Å². The van der Waals surface area contributed by atoms with Gasteiger partial charge in [-0.25, -0.2) is 14.8 Å². The fourth-order valence-corrected chi connectivity index (χ4v) is 4.72. The summed E-state index contributed by atoms with van der Waals surface area (Å²) in [6.07, 6.45) is 4.39. The topological polar surface area (TPSA) is 84.3 Å². The molecule has 0 bridgehead atoms. The van der Waals surface area contributed by atoms with Gasteiger partial charge in [0, 0.05) is 27.1 Å². The van der Waals surface area contributed by atoms with E-state index < -0.39 is 5.97 Å². The van der Waals surface area contributed by atoms with Crippen molar-refractivity contribution in [2.45, 2.75) is 20.3 Å². The summed E-state index contributed by atoms with van der Waals surface area (Å²) in [5.41, 5.74) is 2.64. The van der Waals surface area contributed by atoms with Crippen LogP contribution >= 0.6 is 34.7 Å². The van der Waals surface area contributed by atoms with Crippen LogP contribution in [0.25, 0.3) is 16.2 Å². The maximum absolute atomic E-state index is 12.4. The molecule has 0 aliphatic heterocycles. The van der Waals surface area contributed by atoms with Crippen molar-refractivity contribution in [2.75, 3.05) is 18.7 Å². The molecule has 0 atom stereocenters. The number of rotatable bonds is 8. The van der Waals surface area contributed by atoms with Crippen molar-refractivity contribution >= 4 is 56.5 Å². The lowest BCUT2D eigenvalue weighted by Crippen LogP contribution is -2.08. The Hall–Kier alpha value is -2.55. The van der Waals surface area contributed by atoms with Gasteiger partial charge in [-0.1, -0.05) is 32.0 Å². The number of phenolic OH excluding ortho intramolecular Hbond substituents is 1. The number of pyridine rings is 1. The summed E-state index contributed by atoms with van der Waals surface area (Å²) >= 11 is 9.09. The van der Waals surface area contributed by atoms with Gasteiger partial charge in [-0.15, -0.1) is 23.1 Å². The molecule has 2 aromatic heterocycles. The highest BCUT2D eigenvalue weighted by atomic mass is 35.5. The van der Waals surface area contributed by atoms with Crippen LogP contribution in [0, 0.1) is 5.92 Å². The van der Waals surface area contributed by atoms with Gasteiger partial charge in [0.2, 0.25) is 0 Å². The van der Waals surface area contributed by atoms with Gasteiger partial charge in [-0.2, -0.15) is 0 Å². The van der Waals surface area contributed by atoms with E-state index in [2.05, 4.69) is 30.7 Å². The van der Waals surface area contributed by atoms with Gasteiger partial charge in [0.25, 0.3) is 0 Å². The molecule has 0 radical (unpaired) electrons. The number of ether oxygens (including phenoxy) is 1. The Morgan fingerprint density at radius 1 is 1.38 bits per heavy atom. The number of aromatic nitrogens is 2. The minimum atomic E-state index is -0.500. The van der Waals surface area contributed by atoms with Crippen molar-refractivity contribution in [3.63, 3.8) is 0 Å². The summed E-state index contributed by atoms with van der Waals surface area (Å²) in [7, 11) is 1.33. The van der Waals surface area contributed by atoms with Crippen molar-refractivity contribution < 1.29 is 14.6 Å². The molecule has 0 saturated carbocycles. The lowest BCUT2D eigenvalue weighted by atomic mass is 10.0. The predicted molar refractivity (Wildman–Crippen MR) is 134 cm³/mol. The SMILES string of the molecule is C=C(SC)c1cnc(Nc2nc(-c3ccc(O)c(Cl)c3)c(CC(C)C)s2)c(C(=O)OC)c1. The lowest BCUT2D eigenvalue weighted by molar-refractivity contribution is 0.0601. The first-order valence-corrected chi connectivity index (χ1v) is 12.2. The second-order valence-electron chi connectivity index (χ2n) is 7.42. The molecule has 6 nitrogen and oxygen atoms in total. The van der Waals surface area contributed by atoms with Gasteiger partial charge in [0.15, 0.2) is 5.13 Å². The minimum Gasteiger partial charge on any atom is -0.506 e. The summed E-state index contributed by atoms with van der Waals surface area (Å²) in [6, 6.07) is 6.74. The van der Waals surface area contributed by atoms with Gasteiger partial charge in [-0.05, 0) is 42.9 Å². The van der Waals surface area contributed by atoms with Crippen LogP contribution in [0.3, 0.4) is 0 Å². The molecule has 168 valence electrons. The summed E-state index contributed by atoms with van der Waals surface area (Å²) < 4.78 is 4.95. The molecular weight excluding hydrogens is 466 g/mol. The standard InChI is InChI=1S/C23H24ClN3O3S2/c1-12(2)8-19-20(14-6-7-18(28)17(24)10-14)26-23(32-19)27-21-16(22(29)30-4)9-15(11-25-21)13(3)31-5/h6-7,9-12,28H,3,8H2,1-2,4-5H3,(H,25,26,27). The average molecular weight is 490 g/mol. The van der Waals surface area contributed by atoms with Crippen molar-refractivity contribution in [3.05, 3.63) is 58.1 Å². The Bertz CT molecular complexity index is 1160. The van der Waals surface area contributed by atoms with Crippen LogP contribution in [-0.4, -0.2) is 34.4 Å². The minimum absolute atomic E-state index is 0.0215. The summed E-state index contributed by atoms with van der Waals surface area (Å²) in [5.74, 6) is 0.290. The van der Waals surface area contributed by atoms with E-state index in [0.29, 0.717) is 22.4 Å². The molecular formula is C23H24ClN3O3S2. The van der Waals surface area contributed by atoms with E-state index >= 15 is 0 Å². The van der Waals surface area contributed by atoms with Gasteiger partial charge in [0.05, 0.1) is 17.8 Å². The molecule has 2 heterocycles. The van der Waals surface area contributed by atoms with E-state index in [-0.39, 0.29) is 10.8 Å². The third-order valence-corrected chi connectivity index (χ3v) is 6.62. The zero-order chi connectivity index (χ0) is 23.4. The molecule has 0 fully saturated rings. The third-order valence-electron chi connectivity index (χ3n) is 4.60. The lowest BCUT2D eigenvalue weighted by Gasteiger charge is -2.10. The molecule has 9 heteroatoms. The smallest absolute Gasteiger partial charge is 0.341 e. The van der Waals surface area contributed by atoms with Crippen LogP contribution in [0.5, 0.6) is 5.75 Å². The highest BCUT2D eigenvalue weighted by Gasteiger charge is 2.20. The van der Waals surface area contributed by atoms with Crippen LogP contribution in [0.2, 0.25) is 5.02 Å². The Morgan fingerprint density at radius 2 is 2.12 bits per heavy atom. The molecule has 2 N–H and O–H groups in total. The zero-order valence-electron chi connectivity index (χ0n) is 18.2. The Balaban J connectivity index is 2.03. The van der Waals surface area contributed by atoms with E-state index in [1.54, 1.807) is 30.5 Å². The molecule has 0 amide bonds. The van der Waals surface area contributed by atoms with Crippen LogP contribution in [0.15, 0.2) is 37.0 Å². The van der Waals surface area contributed by atoms with Crippen LogP contribution in [-0.2, 0) is 11.2 Å². The fourth-order valence-electron chi connectivity index (χ4n) is 3.00. The number of methoxy groups -OCH3 is 1. The Kier molecular flexibility index (Phi) is 7.82. The number of halogens is 1. The fraction of sp³-hybridized carbons (Fsp3) is 0.261. The number of hydrogen-bond donors (Lipinski definition) is 2. The van der Waals surface area contributed by atoms with Gasteiger partial charge >= 0.3 is 5.97 Å². The molecule has 0 saturated heterocycles. The number of nitrogens with one attached hydrogen (secondary N) is 1. The number of anilines is 2. The van der Waals surface area contributed by atoms with E-state index in [9.17, 15) is 9.90 Å². The molecule has 1 aromatic carbocycles. The monoisotopic (exact) mass is 489 g/mol. The van der Waals surface area contributed by atoms with Gasteiger partial charge < -0.3 is 15.2 Å². The summed E-state index contributed by atoms with van der Waals surface area (Å²) in [5, 5.41) is 13.8. The zero-order valence-corrected chi connectivity index (χ0v) is 20.6. The van der Waals surface area contributed by atoms with E-state index in [1.165, 1.54) is 30.2 Å². The number of benzene rings is 1. The van der Waals surface area contributed by atoms with Crippen molar-refractivity contribution in [3.8, 4) is 17.0 Å². The first-order chi connectivity index (χ1) is 15.2. The third kappa shape index (κ3) is 5.43. The summed E-state index contributed by atoms with van der Waals surface area (Å²) in [4.78, 5) is 23.5. The maximum atomic E-state index is 12.4. The quantitative estimate of drug-likeness (QED) is 0.343. The number of carbonyl (C=O) groups is 1. The number of phenols is 1. The molecule has 0 unspecified atom stereocenters. The van der Waals surface area contributed by atoms with E-state index in [1.807, 2.05) is 6.26 Å². The number of carbonyl (C=O) groups excluding carboxylic acids is 1. The predicted octanol–water partition coefficient (Wildman–Crippen LogP) is 6.63. The van der Waals surface area contributed by atoms with Gasteiger partial charge in [-0.3, -0.25) is 0 Å². The number of thioether (sulfide) groups is 1. The number of nitrogens with zero attached hydrogens (tertiary/aromatic N) is 2. The van der Waals surface area contributed by atoms with Crippen LogP contribution < -0.4 is 5.32 Å². The highest BCUT2D eigenvalue weighted by molar-refractivity contribution is 8.07. The van der Waals surface area contributed by atoms with Crippen molar-refractivity contribution in [2.24, 2.45) is 5.92 Å². The number of hydrogen-bond acceptors (Lipinski definition) is 8. The van der Waals surface area contributed by atoms with E-state index in [4.69, 9.17) is 21.3 Å². The molecule has 3 aromatic rings. The molecule has 0 aliphatic carbocycles. The van der Waals surface area contributed by atoms with Crippen molar-refractivity contribution in [1.29, 1.82) is 0 Å². The average Bonchev–Trinajstić information content (AvgIpc) is 3.16. The molecule has 0 aliphatic rings. The maximum Gasteiger partial charge on any atom is 0.341 e. The van der Waals surface area contributed by atoms with Crippen LogP contribution in [0.1, 0.15) is 34.6 Å².